The van der Waals surface area contributed by atoms with Crippen molar-refractivity contribution in [3.8, 4) is 11.5 Å². The van der Waals surface area contributed by atoms with Gasteiger partial charge in [-0.15, -0.1) is 0 Å². The topological polar surface area (TPSA) is 107 Å². The van der Waals surface area contributed by atoms with Crippen LogP contribution in [0.2, 0.25) is 10.0 Å². The summed E-state index contributed by atoms with van der Waals surface area (Å²) >= 11 is 12.2. The molecule has 0 aliphatic rings. The predicted molar refractivity (Wildman–Crippen MR) is 151 cm³/mol. The number of alkyl halides is 3. The molecular formula is C29H28Cl2F3N3O5. The maximum absolute atomic E-state index is 13.7. The average Bonchev–Trinajstić information content (AvgIpc) is 2.93. The van der Waals surface area contributed by atoms with Crippen LogP contribution in [0.3, 0.4) is 0 Å². The second-order valence-electron chi connectivity index (χ2n) is 9.54. The van der Waals surface area contributed by atoms with Crippen molar-refractivity contribution in [2.45, 2.75) is 44.6 Å². The number of aromatic nitrogens is 1. The summed E-state index contributed by atoms with van der Waals surface area (Å²) < 4.78 is 50.9. The number of benzene rings is 2. The fraction of sp³-hybridized carbons (Fsp3) is 0.310. The lowest BCUT2D eigenvalue weighted by molar-refractivity contribution is -0.175. The fourth-order valence-electron chi connectivity index (χ4n) is 3.94. The summed E-state index contributed by atoms with van der Waals surface area (Å²) in [5.74, 6) is -4.25. The fourth-order valence-corrected chi connectivity index (χ4v) is 4.44. The number of nitrogens with one attached hydrogen (secondary N) is 2. The van der Waals surface area contributed by atoms with Gasteiger partial charge in [-0.2, -0.15) is 13.2 Å². The van der Waals surface area contributed by atoms with Gasteiger partial charge in [-0.3, -0.25) is 19.4 Å². The molecule has 3 atom stereocenters. The van der Waals surface area contributed by atoms with Crippen LogP contribution in [0.25, 0.3) is 0 Å². The summed E-state index contributed by atoms with van der Waals surface area (Å²) in [6.45, 7) is 2.73. The zero-order valence-corrected chi connectivity index (χ0v) is 24.3. The number of carbonyl (C=O) groups excluding carboxylic acids is 3. The molecule has 2 N–H and O–H groups in total. The molecule has 3 aromatic rings. The number of hydrogen-bond donors (Lipinski definition) is 2. The summed E-state index contributed by atoms with van der Waals surface area (Å²) in [6, 6.07) is 12.0. The number of halogens is 5. The van der Waals surface area contributed by atoms with Gasteiger partial charge in [0, 0.05) is 28.4 Å². The van der Waals surface area contributed by atoms with E-state index in [1.807, 2.05) is 0 Å². The molecular weight excluding hydrogens is 598 g/mol. The third kappa shape index (κ3) is 9.09. The zero-order chi connectivity index (χ0) is 31.0. The first-order chi connectivity index (χ1) is 19.8. The Morgan fingerprint density at radius 3 is 2.07 bits per heavy atom. The van der Waals surface area contributed by atoms with Crippen LogP contribution in [0.15, 0.2) is 66.9 Å². The molecule has 2 aromatic carbocycles. The highest BCUT2D eigenvalue weighted by molar-refractivity contribution is 6.34. The largest absolute Gasteiger partial charge is 0.497 e. The van der Waals surface area contributed by atoms with E-state index in [0.717, 1.165) is 0 Å². The first-order valence-electron chi connectivity index (χ1n) is 12.7. The molecule has 1 aromatic heterocycles. The summed E-state index contributed by atoms with van der Waals surface area (Å²) in [7, 11) is 1.43. The maximum Gasteiger partial charge on any atom is 0.452 e. The molecule has 42 heavy (non-hydrogen) atoms. The Morgan fingerprint density at radius 2 is 1.55 bits per heavy atom. The minimum Gasteiger partial charge on any atom is -0.497 e. The van der Waals surface area contributed by atoms with Crippen LogP contribution < -0.4 is 20.1 Å². The summed E-state index contributed by atoms with van der Waals surface area (Å²) in [4.78, 5) is 43.4. The van der Waals surface area contributed by atoms with Crippen LogP contribution in [0, 0.1) is 5.92 Å². The van der Waals surface area contributed by atoms with E-state index < -0.39 is 47.9 Å². The Labute approximate surface area is 250 Å². The zero-order valence-electron chi connectivity index (χ0n) is 22.7. The molecule has 0 radical (unpaired) electrons. The quantitative estimate of drug-likeness (QED) is 0.275. The van der Waals surface area contributed by atoms with Crippen molar-refractivity contribution >= 4 is 40.8 Å². The molecule has 0 aliphatic carbocycles. The van der Waals surface area contributed by atoms with Crippen molar-refractivity contribution in [2.24, 2.45) is 5.92 Å². The van der Waals surface area contributed by atoms with E-state index in [1.165, 1.54) is 69.6 Å². The third-order valence-corrected chi connectivity index (χ3v) is 6.49. The number of ketones is 1. The van der Waals surface area contributed by atoms with E-state index in [9.17, 15) is 27.6 Å². The Balaban J connectivity index is 1.96. The SMILES string of the molecule is COc1ccc(C(NC(=O)[C@H](Cc2ccccn2)Oc2cc(Cl)cc(Cl)c2)C(=O)N[C@H](C(=O)C(F)(F)F)C(C)C)cc1. The van der Waals surface area contributed by atoms with Gasteiger partial charge in [0.25, 0.3) is 11.7 Å². The maximum atomic E-state index is 13.7. The minimum atomic E-state index is -5.18. The normalized spacial score (nSPS) is 13.5. The van der Waals surface area contributed by atoms with E-state index in [1.54, 1.807) is 18.2 Å². The van der Waals surface area contributed by atoms with Crippen LogP contribution in [-0.4, -0.2) is 48.0 Å². The first kappa shape index (κ1) is 32.7. The monoisotopic (exact) mass is 625 g/mol. The number of methoxy groups -OCH3 is 1. The van der Waals surface area contributed by atoms with Crippen molar-refractivity contribution in [1.29, 1.82) is 0 Å². The Kier molecular flexibility index (Phi) is 11.2. The van der Waals surface area contributed by atoms with Gasteiger partial charge in [-0.05, 0) is 53.9 Å². The van der Waals surface area contributed by atoms with E-state index in [4.69, 9.17) is 32.7 Å². The summed E-state index contributed by atoms with van der Waals surface area (Å²) in [6.07, 6.45) is -4.98. The highest BCUT2D eigenvalue weighted by atomic mass is 35.5. The molecule has 1 heterocycles. The molecule has 0 saturated carbocycles. The van der Waals surface area contributed by atoms with E-state index >= 15 is 0 Å². The number of pyridine rings is 1. The average molecular weight is 626 g/mol. The molecule has 0 bridgehead atoms. The number of amides is 2. The van der Waals surface area contributed by atoms with Crippen LogP contribution >= 0.6 is 23.2 Å². The Hall–Kier alpha value is -3.83. The van der Waals surface area contributed by atoms with Gasteiger partial charge in [-0.25, -0.2) is 0 Å². The highest BCUT2D eigenvalue weighted by Crippen LogP contribution is 2.27. The first-order valence-corrected chi connectivity index (χ1v) is 13.4. The standard InChI is InChI=1S/C29H28Cl2F3N3O5/c1-16(2)24(26(38)29(32,33)34)36-28(40)25(17-7-9-21(41-3)10-8-17)37-27(39)23(15-20-6-4-5-11-35-20)42-22-13-18(30)12-19(31)14-22/h4-14,16,23-25H,15H2,1-3H3,(H,36,40)(H,37,39)/t23-,24-,25?/m0/s1. The van der Waals surface area contributed by atoms with Crippen LogP contribution in [0.5, 0.6) is 11.5 Å². The molecule has 0 fully saturated rings. The Bertz CT molecular complexity index is 1370. The van der Waals surface area contributed by atoms with Gasteiger partial charge in [0.2, 0.25) is 5.91 Å². The van der Waals surface area contributed by atoms with Crippen LogP contribution in [-0.2, 0) is 20.8 Å². The van der Waals surface area contributed by atoms with Gasteiger partial charge in [0.1, 0.15) is 17.5 Å². The number of ether oxygens (including phenoxy) is 2. The van der Waals surface area contributed by atoms with Crippen molar-refractivity contribution in [2.75, 3.05) is 7.11 Å². The van der Waals surface area contributed by atoms with E-state index in [2.05, 4.69) is 15.6 Å². The van der Waals surface area contributed by atoms with Gasteiger partial charge in [-0.1, -0.05) is 55.2 Å². The minimum absolute atomic E-state index is 0.0467. The molecule has 0 saturated heterocycles. The number of Topliss-reactive ketones (excluding diaryl/α,β-unsaturated/α-hetero) is 1. The highest BCUT2D eigenvalue weighted by Gasteiger charge is 2.45. The number of carbonyl (C=O) groups is 3. The number of hydrogen-bond acceptors (Lipinski definition) is 6. The lowest BCUT2D eigenvalue weighted by Crippen LogP contribution is -2.53. The second kappa shape index (κ2) is 14.4. The number of rotatable bonds is 12. The van der Waals surface area contributed by atoms with Gasteiger partial charge in [0.05, 0.1) is 13.2 Å². The molecule has 13 heteroatoms. The van der Waals surface area contributed by atoms with Crippen LogP contribution in [0.1, 0.15) is 31.1 Å². The van der Waals surface area contributed by atoms with Crippen molar-refractivity contribution in [3.05, 3.63) is 88.2 Å². The van der Waals surface area contributed by atoms with Gasteiger partial charge in [0.15, 0.2) is 6.10 Å². The van der Waals surface area contributed by atoms with Crippen molar-refractivity contribution in [1.82, 2.24) is 15.6 Å². The summed E-state index contributed by atoms with van der Waals surface area (Å²) in [5.41, 5.74) is 0.692. The lowest BCUT2D eigenvalue weighted by Gasteiger charge is -2.27. The third-order valence-electron chi connectivity index (χ3n) is 6.05. The van der Waals surface area contributed by atoms with Gasteiger partial charge >= 0.3 is 6.18 Å². The Morgan fingerprint density at radius 1 is 0.905 bits per heavy atom. The number of nitrogens with zero attached hydrogens (tertiary/aromatic N) is 1. The van der Waals surface area contributed by atoms with Crippen molar-refractivity contribution < 1.29 is 37.0 Å². The lowest BCUT2D eigenvalue weighted by atomic mass is 9.97. The molecule has 224 valence electrons. The molecule has 0 aliphatic heterocycles. The molecule has 0 spiro atoms. The van der Waals surface area contributed by atoms with Gasteiger partial charge < -0.3 is 20.1 Å². The predicted octanol–water partition coefficient (Wildman–Crippen LogP) is 5.52. The molecule has 3 rings (SSSR count). The molecule has 2 amide bonds. The van der Waals surface area contributed by atoms with Crippen molar-refractivity contribution in [3.63, 3.8) is 0 Å². The summed E-state index contributed by atoms with van der Waals surface area (Å²) in [5, 5.41) is 5.22. The second-order valence-corrected chi connectivity index (χ2v) is 10.4. The van der Waals surface area contributed by atoms with E-state index in [0.29, 0.717) is 11.4 Å². The van der Waals surface area contributed by atoms with Crippen LogP contribution in [0.4, 0.5) is 13.2 Å². The van der Waals surface area contributed by atoms with E-state index in [-0.39, 0.29) is 27.8 Å². The smallest absolute Gasteiger partial charge is 0.452 e. The molecule has 8 nitrogen and oxygen atoms in total. The molecule has 1 unspecified atom stereocenters.